The smallest absolute Gasteiger partial charge is 0.251 e. The van der Waals surface area contributed by atoms with Crippen molar-refractivity contribution >= 4 is 11.4 Å². The fraction of sp³-hybridized carbons (Fsp3) is 0.571. The van der Waals surface area contributed by atoms with Crippen LogP contribution in [0.25, 0.3) is 5.70 Å². The molecular formula is C28H42N4O2. The van der Waals surface area contributed by atoms with Crippen molar-refractivity contribution < 1.29 is 4.74 Å². The lowest BCUT2D eigenvalue weighted by molar-refractivity contribution is 0.219. The van der Waals surface area contributed by atoms with Gasteiger partial charge in [-0.15, -0.1) is 0 Å². The quantitative estimate of drug-likeness (QED) is 0.407. The zero-order valence-electron chi connectivity index (χ0n) is 21.3. The third-order valence-corrected chi connectivity index (χ3v) is 7.15. The van der Waals surface area contributed by atoms with E-state index >= 15 is 0 Å². The Balaban J connectivity index is 1.99. The molecule has 1 aliphatic rings. The van der Waals surface area contributed by atoms with Crippen LogP contribution in [-0.4, -0.2) is 16.9 Å². The molecule has 2 N–H and O–H groups in total. The van der Waals surface area contributed by atoms with Crippen molar-refractivity contribution in [1.29, 1.82) is 0 Å². The molecule has 0 spiro atoms. The highest BCUT2D eigenvalue weighted by molar-refractivity contribution is 5.76. The second kappa shape index (κ2) is 12.7. The summed E-state index contributed by atoms with van der Waals surface area (Å²) in [7, 11) is 1.55. The molecule has 186 valence electrons. The summed E-state index contributed by atoms with van der Waals surface area (Å²) in [6.45, 7) is 4.16. The van der Waals surface area contributed by atoms with E-state index in [1.54, 1.807) is 13.3 Å². The molecule has 0 amide bonds. The Kier molecular flexibility index (Phi) is 9.75. The van der Waals surface area contributed by atoms with E-state index < -0.39 is 0 Å². The van der Waals surface area contributed by atoms with Gasteiger partial charge in [0.2, 0.25) is 0 Å². The molecular weight excluding hydrogens is 424 g/mol. The number of nitrogens with two attached hydrogens (primary N) is 1. The molecule has 2 aromatic rings. The molecule has 3 rings (SSSR count). The van der Waals surface area contributed by atoms with Crippen molar-refractivity contribution in [3.8, 4) is 5.75 Å². The lowest BCUT2D eigenvalue weighted by Gasteiger charge is -2.33. The number of rotatable bonds is 5. The number of anilines is 1. The first-order valence-corrected chi connectivity index (χ1v) is 12.9. The number of allylic oxidation sites excluding steroid dienone is 1. The van der Waals surface area contributed by atoms with E-state index in [9.17, 15) is 4.79 Å². The van der Waals surface area contributed by atoms with Gasteiger partial charge in [0, 0.05) is 0 Å². The molecule has 6 nitrogen and oxygen atoms in total. The second-order valence-corrected chi connectivity index (χ2v) is 9.73. The lowest BCUT2D eigenvalue weighted by atomic mass is 9.88. The Morgan fingerprint density at radius 3 is 2.03 bits per heavy atom. The molecule has 1 saturated carbocycles. The maximum atomic E-state index is 13.3. The van der Waals surface area contributed by atoms with E-state index in [1.807, 2.05) is 48.0 Å². The standard InChI is InChI=1S/C28H42N4O2/c1-4-24(32(29)23-18-14-13-15-19-23)26-27(33)25(34-3)22-31(30-26)28(2)20-16-11-9-7-5-6-8-10-12-17-21-28/h4,13-15,18-19,22H,5-12,16-17,20-21,29H2,1-3H3/b24-4-. The molecule has 1 heterocycles. The molecule has 1 fully saturated rings. The van der Waals surface area contributed by atoms with Crippen LogP contribution in [0, 0.1) is 0 Å². The van der Waals surface area contributed by atoms with Gasteiger partial charge in [0.25, 0.3) is 5.43 Å². The zero-order valence-corrected chi connectivity index (χ0v) is 21.3. The van der Waals surface area contributed by atoms with Gasteiger partial charge in [-0.1, -0.05) is 88.5 Å². The van der Waals surface area contributed by atoms with E-state index in [-0.39, 0.29) is 11.0 Å². The summed E-state index contributed by atoms with van der Waals surface area (Å²) < 4.78 is 7.53. The minimum atomic E-state index is -0.244. The van der Waals surface area contributed by atoms with Gasteiger partial charge >= 0.3 is 0 Å². The monoisotopic (exact) mass is 466 g/mol. The number of benzene rings is 1. The highest BCUT2D eigenvalue weighted by Crippen LogP contribution is 2.32. The van der Waals surface area contributed by atoms with Crippen LogP contribution in [0.1, 0.15) is 96.6 Å². The van der Waals surface area contributed by atoms with Gasteiger partial charge in [0.15, 0.2) is 11.4 Å². The van der Waals surface area contributed by atoms with Crippen molar-refractivity contribution in [2.45, 2.75) is 96.4 Å². The van der Waals surface area contributed by atoms with Crippen LogP contribution >= 0.6 is 0 Å². The Labute approximate surface area is 204 Å². The molecule has 0 atom stereocenters. The topological polar surface area (TPSA) is 73.4 Å². The number of hydrogen-bond acceptors (Lipinski definition) is 5. The number of hydrogen-bond donors (Lipinski definition) is 1. The summed E-state index contributed by atoms with van der Waals surface area (Å²) in [5.41, 5.74) is 1.25. The summed E-state index contributed by atoms with van der Waals surface area (Å²) in [5.74, 6) is 6.77. The maximum absolute atomic E-state index is 13.3. The Bertz CT molecular complexity index is 970. The van der Waals surface area contributed by atoms with Crippen molar-refractivity contribution in [3.05, 3.63) is 58.5 Å². The van der Waals surface area contributed by atoms with Gasteiger partial charge in [-0.3, -0.25) is 14.5 Å². The highest BCUT2D eigenvalue weighted by Gasteiger charge is 2.29. The summed E-state index contributed by atoms with van der Waals surface area (Å²) in [5, 5.41) is 6.44. The molecule has 0 unspecified atom stereocenters. The molecule has 0 bridgehead atoms. The number of aromatic nitrogens is 2. The number of hydrazine groups is 1. The number of nitrogens with zero attached hydrogens (tertiary/aromatic N) is 3. The fourth-order valence-corrected chi connectivity index (χ4v) is 4.96. The predicted octanol–water partition coefficient (Wildman–Crippen LogP) is 6.40. The summed E-state index contributed by atoms with van der Waals surface area (Å²) >= 11 is 0. The van der Waals surface area contributed by atoms with Crippen molar-refractivity contribution in [2.24, 2.45) is 5.84 Å². The molecule has 34 heavy (non-hydrogen) atoms. The highest BCUT2D eigenvalue weighted by atomic mass is 16.5. The van der Waals surface area contributed by atoms with Gasteiger partial charge in [-0.2, -0.15) is 5.10 Å². The molecule has 1 aromatic carbocycles. The molecule has 0 aliphatic heterocycles. The maximum Gasteiger partial charge on any atom is 0.251 e. The summed E-state index contributed by atoms with van der Waals surface area (Å²) in [6, 6.07) is 9.62. The molecule has 1 aromatic heterocycles. The van der Waals surface area contributed by atoms with Gasteiger partial charge in [0.05, 0.1) is 30.2 Å². The predicted molar refractivity (Wildman–Crippen MR) is 141 cm³/mol. The molecule has 1 aliphatic carbocycles. The van der Waals surface area contributed by atoms with Crippen LogP contribution in [0.15, 0.2) is 47.4 Å². The number of ether oxygens (including phenoxy) is 1. The van der Waals surface area contributed by atoms with E-state index in [0.29, 0.717) is 17.1 Å². The van der Waals surface area contributed by atoms with Gasteiger partial charge in [-0.25, -0.2) is 5.84 Å². The van der Waals surface area contributed by atoms with Gasteiger partial charge in [-0.05, 0) is 38.8 Å². The Morgan fingerprint density at radius 2 is 1.53 bits per heavy atom. The van der Waals surface area contributed by atoms with Crippen LogP contribution in [0.5, 0.6) is 5.75 Å². The SMILES string of the molecule is C/C=C(/c1nn(C2(C)CCCCCCCCCCCC2)cc(OC)c1=O)N(N)c1ccccc1. The zero-order chi connectivity index (χ0) is 24.4. The van der Waals surface area contributed by atoms with Crippen LogP contribution in [0.2, 0.25) is 0 Å². The van der Waals surface area contributed by atoms with Crippen molar-refractivity contribution in [3.63, 3.8) is 0 Å². The van der Waals surface area contributed by atoms with Crippen LogP contribution < -0.4 is 21.0 Å². The average Bonchev–Trinajstić information content (AvgIpc) is 2.88. The van der Waals surface area contributed by atoms with Crippen molar-refractivity contribution in [2.75, 3.05) is 12.1 Å². The van der Waals surface area contributed by atoms with E-state index in [4.69, 9.17) is 15.7 Å². The van der Waals surface area contributed by atoms with E-state index in [2.05, 4.69) is 6.92 Å². The normalized spacial score (nSPS) is 18.3. The first-order valence-electron chi connectivity index (χ1n) is 12.9. The average molecular weight is 467 g/mol. The number of para-hydroxylation sites is 1. The second-order valence-electron chi connectivity index (χ2n) is 9.73. The van der Waals surface area contributed by atoms with Gasteiger partial charge < -0.3 is 4.74 Å². The Morgan fingerprint density at radius 1 is 1.00 bits per heavy atom. The third-order valence-electron chi connectivity index (χ3n) is 7.15. The summed E-state index contributed by atoms with van der Waals surface area (Å²) in [4.78, 5) is 13.3. The first-order chi connectivity index (χ1) is 16.5. The lowest BCUT2D eigenvalue weighted by Crippen LogP contribution is -2.37. The van der Waals surface area contributed by atoms with Crippen LogP contribution in [0.4, 0.5) is 5.69 Å². The number of methoxy groups -OCH3 is 1. The van der Waals surface area contributed by atoms with E-state index in [1.165, 1.54) is 56.4 Å². The molecule has 0 saturated heterocycles. The Hall–Kier alpha value is -2.60. The minimum absolute atomic E-state index is 0.186. The van der Waals surface area contributed by atoms with Crippen LogP contribution in [0.3, 0.4) is 0 Å². The minimum Gasteiger partial charge on any atom is -0.491 e. The molecule has 0 radical (unpaired) electrons. The fourth-order valence-electron chi connectivity index (χ4n) is 4.96. The largest absolute Gasteiger partial charge is 0.491 e. The first kappa shape index (κ1) is 26.0. The summed E-state index contributed by atoms with van der Waals surface area (Å²) in [6.07, 6.45) is 18.5. The van der Waals surface area contributed by atoms with Crippen molar-refractivity contribution in [1.82, 2.24) is 9.78 Å². The van der Waals surface area contributed by atoms with E-state index in [0.717, 1.165) is 31.4 Å². The molecule has 6 heteroatoms. The van der Waals surface area contributed by atoms with Crippen LogP contribution in [-0.2, 0) is 5.54 Å². The van der Waals surface area contributed by atoms with Gasteiger partial charge in [0.1, 0.15) is 0 Å². The third kappa shape index (κ3) is 6.50.